The molecule has 0 bridgehead atoms. The summed E-state index contributed by atoms with van der Waals surface area (Å²) in [6, 6.07) is 29.9. The van der Waals surface area contributed by atoms with Gasteiger partial charge in [-0.25, -0.2) is 18.8 Å². The largest absolute Gasteiger partial charge is 0.465 e. The molecular formula is C54H58FNO19S. The molecule has 0 radical (unpaired) electrons. The van der Waals surface area contributed by atoms with Gasteiger partial charge in [0.1, 0.15) is 30.4 Å². The van der Waals surface area contributed by atoms with Gasteiger partial charge in [-0.15, -0.1) is 0 Å². The number of benzene rings is 4. The number of amides is 1. The molecule has 1 amide bonds. The molecule has 76 heavy (non-hydrogen) atoms. The van der Waals surface area contributed by atoms with Crippen LogP contribution in [0.1, 0.15) is 66.5 Å². The zero-order valence-electron chi connectivity index (χ0n) is 42.5. The fourth-order valence-corrected chi connectivity index (χ4v) is 9.48. The van der Waals surface area contributed by atoms with Gasteiger partial charge in [0.25, 0.3) is 0 Å². The highest BCUT2D eigenvalue weighted by Crippen LogP contribution is 2.42. The van der Waals surface area contributed by atoms with Crippen molar-refractivity contribution >= 4 is 59.5 Å². The molecule has 2 aliphatic heterocycles. The lowest BCUT2D eigenvalue weighted by atomic mass is 9.86. The molecule has 20 nitrogen and oxygen atoms in total. The predicted octanol–water partition coefficient (Wildman–Crippen LogP) is 5.33. The van der Waals surface area contributed by atoms with Crippen LogP contribution in [0.15, 0.2) is 120 Å². The van der Waals surface area contributed by atoms with E-state index in [-0.39, 0.29) is 17.7 Å². The average molecular weight is 1080 g/mol. The van der Waals surface area contributed by atoms with Crippen LogP contribution in [-0.2, 0) is 87.5 Å². The maximum absolute atomic E-state index is 18.0. The monoisotopic (exact) mass is 1080 g/mol. The second-order valence-corrected chi connectivity index (χ2v) is 18.7. The molecule has 4 aromatic carbocycles. The van der Waals surface area contributed by atoms with Gasteiger partial charge >= 0.3 is 47.6 Å². The Balaban J connectivity index is 1.53. The molecule has 4 aromatic rings. The van der Waals surface area contributed by atoms with E-state index in [1.54, 1.807) is 78.9 Å². The first kappa shape index (κ1) is 58.0. The lowest BCUT2D eigenvalue weighted by Crippen LogP contribution is -2.74. The predicted molar refractivity (Wildman–Crippen MR) is 263 cm³/mol. The first-order valence-electron chi connectivity index (χ1n) is 23.8. The summed E-state index contributed by atoms with van der Waals surface area (Å²) in [5, 5.41) is 2.42. The van der Waals surface area contributed by atoms with Crippen LogP contribution in [0.25, 0.3) is 0 Å². The molecular weight excluding hydrogens is 1020 g/mol. The highest BCUT2D eigenvalue weighted by Gasteiger charge is 2.67. The van der Waals surface area contributed by atoms with Crippen LogP contribution in [-0.4, -0.2) is 140 Å². The van der Waals surface area contributed by atoms with Crippen LogP contribution in [0.5, 0.6) is 0 Å². The minimum absolute atomic E-state index is 0.0966. The third kappa shape index (κ3) is 15.2. The zero-order chi connectivity index (χ0) is 55.1. The third-order valence-corrected chi connectivity index (χ3v) is 12.8. The molecule has 0 aromatic heterocycles. The number of carbonyl (C=O) groups excluding carboxylic acids is 8. The highest BCUT2D eigenvalue weighted by molar-refractivity contribution is 7.99. The van der Waals surface area contributed by atoms with Crippen molar-refractivity contribution in [1.82, 2.24) is 5.32 Å². The van der Waals surface area contributed by atoms with E-state index in [0.29, 0.717) is 10.5 Å². The summed E-state index contributed by atoms with van der Waals surface area (Å²) >= 11 is 1.05. The van der Waals surface area contributed by atoms with E-state index in [0.717, 1.165) is 59.1 Å². The maximum atomic E-state index is 18.0. The van der Waals surface area contributed by atoms with Gasteiger partial charge in [0.15, 0.2) is 30.5 Å². The standard InChI is InChI=1S/C54H58FNO19S/c1-30-23-25-39(26-24-30)76-52-48(74-51(63)38-21-15-10-16-22-38)47(73-50(62)37-19-13-9-14-20-37)43(67-27-36-17-11-8-12-18-36)41(72-52)29-68-54(53(64)65-7)49(55)46(71-35(6)61)42(56-31(2)57)45(75-54)44(70-34(5)60)40(69-33(4)59)28-66-32(3)58/h8-26,40-49,52H,27-29H2,1-7H3,(H,56,57)/t40-,41-,42+,43+,44-,45-,46-,47+,48-,49-,52+,54-/m1/s1. The molecule has 6 rings (SSSR count). The van der Waals surface area contributed by atoms with Crippen LogP contribution in [0.3, 0.4) is 0 Å². The molecule has 2 aliphatic rings. The van der Waals surface area contributed by atoms with Gasteiger partial charge in [-0.1, -0.05) is 96.2 Å². The van der Waals surface area contributed by atoms with E-state index < -0.39 is 133 Å². The summed E-state index contributed by atoms with van der Waals surface area (Å²) in [6.07, 6.45) is -17.3. The number of ether oxygens (including phenoxy) is 11. The summed E-state index contributed by atoms with van der Waals surface area (Å²) in [6.45, 7) is 4.76. The van der Waals surface area contributed by atoms with Crippen molar-refractivity contribution in [3.05, 3.63) is 138 Å². The van der Waals surface area contributed by atoms with Gasteiger partial charge in [-0.3, -0.25) is 24.0 Å². The minimum atomic E-state index is -3.39. The Bertz CT molecular complexity index is 2650. The summed E-state index contributed by atoms with van der Waals surface area (Å²) in [7, 11) is 0.854. The lowest BCUT2D eigenvalue weighted by molar-refractivity contribution is -0.346. The van der Waals surface area contributed by atoms with Gasteiger partial charge in [-0.2, -0.15) is 0 Å². The fraction of sp³-hybridized carbons (Fsp3) is 0.407. The number of alkyl halides is 1. The average Bonchev–Trinajstić information content (AvgIpc) is 3.46. The Labute approximate surface area is 441 Å². The summed E-state index contributed by atoms with van der Waals surface area (Å²) < 4.78 is 83.5. The molecule has 0 spiro atoms. The third-order valence-electron chi connectivity index (χ3n) is 11.7. The van der Waals surface area contributed by atoms with Gasteiger partial charge in [0.05, 0.1) is 37.5 Å². The molecule has 12 atom stereocenters. The molecule has 0 aliphatic carbocycles. The molecule has 406 valence electrons. The molecule has 22 heteroatoms. The Morgan fingerprint density at radius 3 is 1.76 bits per heavy atom. The van der Waals surface area contributed by atoms with E-state index in [1.807, 2.05) is 19.1 Å². The van der Waals surface area contributed by atoms with Crippen LogP contribution >= 0.6 is 11.8 Å². The Kier molecular flexibility index (Phi) is 20.6. The first-order valence-corrected chi connectivity index (χ1v) is 24.7. The number of methoxy groups -OCH3 is 1. The topological polar surface area (TPSA) is 250 Å². The summed E-state index contributed by atoms with van der Waals surface area (Å²) in [4.78, 5) is 107. The van der Waals surface area contributed by atoms with Gasteiger partial charge in [0, 0.05) is 39.5 Å². The van der Waals surface area contributed by atoms with Crippen molar-refractivity contribution in [3.8, 4) is 0 Å². The van der Waals surface area contributed by atoms with E-state index in [1.165, 1.54) is 24.3 Å². The van der Waals surface area contributed by atoms with Crippen molar-refractivity contribution in [2.24, 2.45) is 0 Å². The fourth-order valence-electron chi connectivity index (χ4n) is 8.37. The van der Waals surface area contributed by atoms with Gasteiger partial charge in [-0.05, 0) is 48.9 Å². The number of rotatable bonds is 21. The van der Waals surface area contributed by atoms with E-state index >= 15 is 4.39 Å². The first-order chi connectivity index (χ1) is 36.3. The zero-order valence-corrected chi connectivity index (χ0v) is 43.3. The number of carbonyl (C=O) groups is 8. The summed E-state index contributed by atoms with van der Waals surface area (Å²) in [5.74, 6) is -11.7. The summed E-state index contributed by atoms with van der Waals surface area (Å²) in [5.41, 5.74) is 0.431. The number of nitrogens with one attached hydrogen (secondary N) is 1. The normalized spacial score (nSPS) is 24.8. The van der Waals surface area contributed by atoms with E-state index in [9.17, 15) is 38.4 Å². The van der Waals surface area contributed by atoms with Crippen LogP contribution < -0.4 is 5.32 Å². The number of hydrogen-bond acceptors (Lipinski definition) is 20. The van der Waals surface area contributed by atoms with Crippen molar-refractivity contribution in [1.29, 1.82) is 0 Å². The maximum Gasteiger partial charge on any atom is 0.370 e. The van der Waals surface area contributed by atoms with Crippen molar-refractivity contribution in [2.75, 3.05) is 20.3 Å². The Morgan fingerprint density at radius 2 is 1.24 bits per heavy atom. The molecule has 0 unspecified atom stereocenters. The molecule has 1 N–H and O–H groups in total. The molecule has 0 saturated carbocycles. The minimum Gasteiger partial charge on any atom is -0.465 e. The second kappa shape index (κ2) is 27.0. The Hall–Kier alpha value is -7.24. The van der Waals surface area contributed by atoms with Crippen LogP contribution in [0, 0.1) is 6.92 Å². The smallest absolute Gasteiger partial charge is 0.370 e. The SMILES string of the molecule is COC(=O)[C@]1(OC[C@H]2O[C@@H](Sc3ccc(C)cc3)[C@H](OC(=O)c3ccccc3)[C@@H](OC(=O)c3ccccc3)[C@H]2OCc2ccccc2)O[C@@H]([C@H](OC(C)=O)[C@@H](COC(C)=O)OC(C)=O)[C@H](NC(C)=O)[C@@H](OC(C)=O)[C@H]1F. The number of aryl methyl sites for hydroxylation is 1. The molecule has 2 saturated heterocycles. The second-order valence-electron chi connectivity index (χ2n) is 17.5. The van der Waals surface area contributed by atoms with Gasteiger partial charge < -0.3 is 57.4 Å². The van der Waals surface area contributed by atoms with Crippen LogP contribution in [0.2, 0.25) is 0 Å². The number of hydrogen-bond donors (Lipinski definition) is 1. The number of halogens is 1. The number of esters is 7. The van der Waals surface area contributed by atoms with Crippen molar-refractivity contribution in [2.45, 2.75) is 125 Å². The van der Waals surface area contributed by atoms with Crippen molar-refractivity contribution in [3.63, 3.8) is 0 Å². The Morgan fingerprint density at radius 1 is 0.671 bits per heavy atom. The number of thioether (sulfide) groups is 1. The highest BCUT2D eigenvalue weighted by atomic mass is 32.2. The molecule has 2 heterocycles. The van der Waals surface area contributed by atoms with Crippen molar-refractivity contribution < 1.29 is 94.9 Å². The lowest BCUT2D eigenvalue weighted by Gasteiger charge is -2.50. The van der Waals surface area contributed by atoms with Gasteiger partial charge in [0.2, 0.25) is 12.1 Å². The molecule has 2 fully saturated rings. The van der Waals surface area contributed by atoms with E-state index in [2.05, 4.69) is 5.32 Å². The van der Waals surface area contributed by atoms with E-state index in [4.69, 9.17) is 52.1 Å². The quantitative estimate of drug-likeness (QED) is 0.0817. The van der Waals surface area contributed by atoms with Crippen LogP contribution in [0.4, 0.5) is 4.39 Å².